The molecule has 2 rings (SSSR count). The van der Waals surface area contributed by atoms with Gasteiger partial charge in [0.05, 0.1) is 19.6 Å². The Kier molecular flexibility index (Phi) is 4.20. The fraction of sp³-hybridized carbons (Fsp3) is 0.500. The Bertz CT molecular complexity index is 419. The van der Waals surface area contributed by atoms with Gasteiger partial charge in [0.2, 0.25) is 0 Å². The molecule has 0 bridgehead atoms. The molecule has 0 saturated carbocycles. The Morgan fingerprint density at radius 1 is 1.56 bits per heavy atom. The smallest absolute Gasteiger partial charge is 0.309 e. The van der Waals surface area contributed by atoms with Crippen molar-refractivity contribution in [3.63, 3.8) is 0 Å². The summed E-state index contributed by atoms with van der Waals surface area (Å²) in [5, 5.41) is 3.41. The van der Waals surface area contributed by atoms with E-state index in [0.29, 0.717) is 13.2 Å². The first-order valence-corrected chi connectivity index (χ1v) is 6.25. The summed E-state index contributed by atoms with van der Waals surface area (Å²) in [7, 11) is 1.42. The van der Waals surface area contributed by atoms with Crippen LogP contribution in [0.2, 0.25) is 0 Å². The molecule has 1 N–H and O–H groups in total. The lowest BCUT2D eigenvalue weighted by molar-refractivity contribution is -0.144. The lowest BCUT2D eigenvalue weighted by Gasteiger charge is -2.27. The summed E-state index contributed by atoms with van der Waals surface area (Å²) in [6.45, 7) is 3.19. The number of ether oxygens (including phenoxy) is 2. The third kappa shape index (κ3) is 2.82. The van der Waals surface area contributed by atoms with Crippen molar-refractivity contribution < 1.29 is 14.3 Å². The molecule has 98 valence electrons. The number of fused-ring (bicyclic) bond motifs is 1. The topological polar surface area (TPSA) is 47.6 Å². The molecule has 18 heavy (non-hydrogen) atoms. The van der Waals surface area contributed by atoms with Crippen molar-refractivity contribution in [2.75, 3.05) is 20.3 Å². The molecule has 0 aromatic heterocycles. The minimum atomic E-state index is -0.178. The van der Waals surface area contributed by atoms with Gasteiger partial charge in [-0.3, -0.25) is 4.79 Å². The number of carbonyl (C=O) groups excluding carboxylic acids is 1. The fourth-order valence-electron chi connectivity index (χ4n) is 2.16. The first-order valence-electron chi connectivity index (χ1n) is 6.25. The maximum absolute atomic E-state index is 11.3. The second-order valence-electron chi connectivity index (χ2n) is 4.56. The maximum atomic E-state index is 11.3. The summed E-state index contributed by atoms with van der Waals surface area (Å²) in [4.78, 5) is 11.3. The van der Waals surface area contributed by atoms with Crippen LogP contribution in [-0.4, -0.2) is 26.2 Å². The van der Waals surface area contributed by atoms with Crippen LogP contribution in [0.1, 0.15) is 24.9 Å². The number of hydrogen-bond acceptors (Lipinski definition) is 4. The Hall–Kier alpha value is -1.55. The number of nitrogens with one attached hydrogen (secondary N) is 1. The summed E-state index contributed by atoms with van der Waals surface area (Å²) >= 11 is 0. The molecule has 1 aliphatic rings. The van der Waals surface area contributed by atoms with Gasteiger partial charge in [-0.15, -0.1) is 0 Å². The maximum Gasteiger partial charge on any atom is 0.309 e. The molecular weight excluding hydrogens is 230 g/mol. The van der Waals surface area contributed by atoms with Gasteiger partial charge in [0.15, 0.2) is 0 Å². The predicted molar refractivity (Wildman–Crippen MR) is 68.5 cm³/mol. The molecule has 0 saturated heterocycles. The van der Waals surface area contributed by atoms with Crippen LogP contribution in [-0.2, 0) is 9.53 Å². The largest absolute Gasteiger partial charge is 0.493 e. The molecule has 0 aliphatic carbocycles. The minimum absolute atomic E-state index is 0.134. The molecule has 0 amide bonds. The van der Waals surface area contributed by atoms with Gasteiger partial charge in [-0.2, -0.15) is 0 Å². The van der Waals surface area contributed by atoms with E-state index in [1.54, 1.807) is 0 Å². The van der Waals surface area contributed by atoms with E-state index >= 15 is 0 Å². The molecular formula is C14H19NO3. The van der Waals surface area contributed by atoms with Crippen LogP contribution in [0.5, 0.6) is 5.75 Å². The number of hydrogen-bond donors (Lipinski definition) is 1. The number of para-hydroxylation sites is 1. The zero-order valence-corrected chi connectivity index (χ0v) is 10.8. The van der Waals surface area contributed by atoms with Gasteiger partial charge in [0.25, 0.3) is 0 Å². The Balaban J connectivity index is 1.97. The number of rotatable bonds is 4. The van der Waals surface area contributed by atoms with Crippen LogP contribution in [0.3, 0.4) is 0 Å². The first kappa shape index (κ1) is 12.9. The van der Waals surface area contributed by atoms with Crippen LogP contribution in [0.4, 0.5) is 0 Å². The fourth-order valence-corrected chi connectivity index (χ4v) is 2.16. The highest BCUT2D eigenvalue weighted by atomic mass is 16.5. The first-order chi connectivity index (χ1) is 8.72. The zero-order valence-electron chi connectivity index (χ0n) is 10.8. The van der Waals surface area contributed by atoms with Crippen molar-refractivity contribution in [2.45, 2.75) is 19.4 Å². The Morgan fingerprint density at radius 3 is 3.11 bits per heavy atom. The number of esters is 1. The quantitative estimate of drug-likeness (QED) is 0.828. The van der Waals surface area contributed by atoms with Gasteiger partial charge >= 0.3 is 5.97 Å². The molecule has 4 heteroatoms. The van der Waals surface area contributed by atoms with Crippen molar-refractivity contribution in [1.29, 1.82) is 0 Å². The SMILES string of the molecule is COC(=O)C(C)CNC1CCOc2ccccc21. The normalized spacial score (nSPS) is 19.6. The van der Waals surface area contributed by atoms with E-state index in [4.69, 9.17) is 9.47 Å². The van der Waals surface area contributed by atoms with Gasteiger partial charge in [-0.25, -0.2) is 0 Å². The molecule has 2 unspecified atom stereocenters. The third-order valence-electron chi connectivity index (χ3n) is 3.23. The lowest BCUT2D eigenvalue weighted by Crippen LogP contribution is -2.33. The van der Waals surface area contributed by atoms with Gasteiger partial charge in [-0.1, -0.05) is 25.1 Å². The van der Waals surface area contributed by atoms with Crippen molar-refractivity contribution in [3.05, 3.63) is 29.8 Å². The molecule has 2 atom stereocenters. The van der Waals surface area contributed by atoms with Crippen LogP contribution in [0.15, 0.2) is 24.3 Å². The predicted octanol–water partition coefficient (Wildman–Crippen LogP) is 1.91. The summed E-state index contributed by atoms with van der Waals surface area (Å²) < 4.78 is 10.3. The van der Waals surface area contributed by atoms with Crippen LogP contribution in [0.25, 0.3) is 0 Å². The molecule has 0 radical (unpaired) electrons. The number of carbonyl (C=O) groups is 1. The number of benzene rings is 1. The second-order valence-corrected chi connectivity index (χ2v) is 4.56. The van der Waals surface area contributed by atoms with Gasteiger partial charge < -0.3 is 14.8 Å². The Labute approximate surface area is 107 Å². The Morgan fingerprint density at radius 2 is 2.33 bits per heavy atom. The summed E-state index contributed by atoms with van der Waals surface area (Å²) in [6.07, 6.45) is 0.922. The van der Waals surface area contributed by atoms with Crippen molar-refractivity contribution in [3.8, 4) is 5.75 Å². The summed E-state index contributed by atoms with van der Waals surface area (Å²) in [5.74, 6) is 0.625. The highest BCUT2D eigenvalue weighted by Crippen LogP contribution is 2.31. The van der Waals surface area contributed by atoms with Gasteiger partial charge in [0, 0.05) is 24.6 Å². The second kappa shape index (κ2) is 5.87. The minimum Gasteiger partial charge on any atom is -0.493 e. The molecule has 1 heterocycles. The monoisotopic (exact) mass is 249 g/mol. The molecule has 1 aliphatic heterocycles. The average molecular weight is 249 g/mol. The van der Waals surface area contributed by atoms with E-state index in [-0.39, 0.29) is 17.9 Å². The molecule has 0 spiro atoms. The zero-order chi connectivity index (χ0) is 13.0. The van der Waals surface area contributed by atoms with Crippen molar-refractivity contribution >= 4 is 5.97 Å². The molecule has 4 nitrogen and oxygen atoms in total. The van der Waals surface area contributed by atoms with Gasteiger partial charge in [0.1, 0.15) is 5.75 Å². The summed E-state index contributed by atoms with van der Waals surface area (Å²) in [6, 6.07) is 8.27. The summed E-state index contributed by atoms with van der Waals surface area (Å²) in [5.41, 5.74) is 1.17. The van der Waals surface area contributed by atoms with E-state index < -0.39 is 0 Å². The van der Waals surface area contributed by atoms with E-state index in [0.717, 1.165) is 12.2 Å². The standard InChI is InChI=1S/C14H19NO3/c1-10(14(16)17-2)9-15-12-7-8-18-13-6-4-3-5-11(12)13/h3-6,10,12,15H,7-9H2,1-2H3. The highest BCUT2D eigenvalue weighted by Gasteiger charge is 2.22. The van der Waals surface area contributed by atoms with Gasteiger partial charge in [-0.05, 0) is 6.07 Å². The third-order valence-corrected chi connectivity index (χ3v) is 3.23. The van der Waals surface area contributed by atoms with E-state index in [1.165, 1.54) is 12.7 Å². The molecule has 1 aromatic carbocycles. The highest BCUT2D eigenvalue weighted by molar-refractivity contribution is 5.72. The van der Waals surface area contributed by atoms with E-state index in [1.807, 2.05) is 25.1 Å². The van der Waals surface area contributed by atoms with E-state index in [9.17, 15) is 4.79 Å². The van der Waals surface area contributed by atoms with Crippen molar-refractivity contribution in [1.82, 2.24) is 5.32 Å². The van der Waals surface area contributed by atoms with Crippen molar-refractivity contribution in [2.24, 2.45) is 5.92 Å². The van der Waals surface area contributed by atoms with Crippen LogP contribution in [0, 0.1) is 5.92 Å². The van der Waals surface area contributed by atoms with Crippen LogP contribution < -0.4 is 10.1 Å². The molecule has 1 aromatic rings. The lowest BCUT2D eigenvalue weighted by atomic mass is 10.00. The van der Waals surface area contributed by atoms with E-state index in [2.05, 4.69) is 11.4 Å². The van der Waals surface area contributed by atoms with Crippen LogP contribution >= 0.6 is 0 Å². The molecule has 0 fully saturated rings. The number of methoxy groups -OCH3 is 1. The average Bonchev–Trinajstić information content (AvgIpc) is 2.43.